The lowest BCUT2D eigenvalue weighted by Gasteiger charge is -2.26. The van der Waals surface area contributed by atoms with Gasteiger partial charge in [-0.1, -0.05) is 13.0 Å². The van der Waals surface area contributed by atoms with Crippen molar-refractivity contribution in [3.05, 3.63) is 28.2 Å². The molecule has 0 fully saturated rings. The van der Waals surface area contributed by atoms with Crippen LogP contribution in [0.4, 0.5) is 22.0 Å². The number of alkyl halides is 5. The molecule has 0 aromatic heterocycles. The van der Waals surface area contributed by atoms with E-state index in [1.54, 1.807) is 0 Å². The van der Waals surface area contributed by atoms with Gasteiger partial charge in [0.25, 0.3) is 0 Å². The first-order valence-corrected chi connectivity index (χ1v) is 6.53. The summed E-state index contributed by atoms with van der Waals surface area (Å²) in [6.07, 6.45) is -4.96. The van der Waals surface area contributed by atoms with Crippen LogP contribution in [0.1, 0.15) is 24.9 Å². The van der Waals surface area contributed by atoms with Crippen LogP contribution in [0.15, 0.2) is 22.7 Å². The van der Waals surface area contributed by atoms with Crippen molar-refractivity contribution in [3.63, 3.8) is 0 Å². The second-order valence-electron chi connectivity index (χ2n) is 4.14. The van der Waals surface area contributed by atoms with E-state index in [2.05, 4.69) is 15.9 Å². The molecule has 0 spiro atoms. The zero-order valence-corrected chi connectivity index (χ0v) is 12.1. The van der Waals surface area contributed by atoms with E-state index in [1.807, 2.05) is 6.92 Å². The third-order valence-corrected chi connectivity index (χ3v) is 3.16. The summed E-state index contributed by atoms with van der Waals surface area (Å²) >= 11 is 3.06. The molecule has 1 rings (SSSR count). The van der Waals surface area contributed by atoms with Crippen LogP contribution in [0.2, 0.25) is 0 Å². The highest BCUT2D eigenvalue weighted by atomic mass is 79.9. The van der Waals surface area contributed by atoms with E-state index in [9.17, 15) is 22.0 Å². The van der Waals surface area contributed by atoms with Gasteiger partial charge in [0.1, 0.15) is 11.8 Å². The number of benzene rings is 1. The van der Waals surface area contributed by atoms with Crippen LogP contribution in [0.3, 0.4) is 0 Å². The molecule has 0 aliphatic heterocycles. The lowest BCUT2D eigenvalue weighted by atomic mass is 10.0. The van der Waals surface area contributed by atoms with E-state index in [0.29, 0.717) is 12.4 Å². The first kappa shape index (κ1) is 17.2. The monoisotopic (exact) mass is 361 g/mol. The third-order valence-electron chi connectivity index (χ3n) is 2.55. The topological polar surface area (TPSA) is 35.2 Å². The summed E-state index contributed by atoms with van der Waals surface area (Å²) in [5.41, 5.74) is 4.72. The molecule has 2 nitrogen and oxygen atoms in total. The summed E-state index contributed by atoms with van der Waals surface area (Å²) in [7, 11) is 0. The minimum atomic E-state index is -5.70. The van der Waals surface area contributed by atoms with E-state index in [0.717, 1.165) is 18.6 Å². The first-order chi connectivity index (χ1) is 9.11. The van der Waals surface area contributed by atoms with Gasteiger partial charge in [0.2, 0.25) is 0 Å². The Balaban J connectivity index is 3.01. The molecule has 0 bridgehead atoms. The molecule has 20 heavy (non-hydrogen) atoms. The average Bonchev–Trinajstić information content (AvgIpc) is 2.35. The van der Waals surface area contributed by atoms with Gasteiger partial charge in [0.05, 0.1) is 11.1 Å². The Hall–Kier alpha value is -0.890. The van der Waals surface area contributed by atoms with Crippen molar-refractivity contribution in [2.24, 2.45) is 5.73 Å². The fourth-order valence-electron chi connectivity index (χ4n) is 1.43. The third kappa shape index (κ3) is 3.60. The molecule has 0 saturated heterocycles. The summed E-state index contributed by atoms with van der Waals surface area (Å²) < 4.78 is 68.6. The summed E-state index contributed by atoms with van der Waals surface area (Å²) in [6.45, 7) is 2.28. The molecule has 0 amide bonds. The molecular formula is C12H13BrF5NO. The quantitative estimate of drug-likeness (QED) is 0.787. The Morgan fingerprint density at radius 1 is 1.25 bits per heavy atom. The smallest absolute Gasteiger partial charge is 0.455 e. The fraction of sp³-hybridized carbons (Fsp3) is 0.500. The zero-order valence-electron chi connectivity index (χ0n) is 10.5. The molecular weight excluding hydrogens is 349 g/mol. The van der Waals surface area contributed by atoms with E-state index in [-0.39, 0.29) is 10.0 Å². The van der Waals surface area contributed by atoms with Crippen LogP contribution in [0.5, 0.6) is 5.75 Å². The predicted octanol–water partition coefficient (Wildman–Crippen LogP) is 4.44. The van der Waals surface area contributed by atoms with Crippen molar-refractivity contribution in [2.45, 2.75) is 31.5 Å². The van der Waals surface area contributed by atoms with E-state index < -0.39 is 18.1 Å². The number of hydrogen-bond acceptors (Lipinski definition) is 2. The van der Waals surface area contributed by atoms with Crippen LogP contribution in [-0.4, -0.2) is 18.7 Å². The Morgan fingerprint density at radius 2 is 1.85 bits per heavy atom. The lowest BCUT2D eigenvalue weighted by Crippen LogP contribution is -2.45. The van der Waals surface area contributed by atoms with Gasteiger partial charge in [0.15, 0.2) is 0 Å². The largest absolute Gasteiger partial charge is 0.492 e. The molecule has 1 unspecified atom stereocenters. The summed E-state index contributed by atoms with van der Waals surface area (Å²) in [5, 5.41) is 0. The maximum Gasteiger partial charge on any atom is 0.455 e. The molecule has 0 radical (unpaired) electrons. The Morgan fingerprint density at radius 3 is 2.30 bits per heavy atom. The molecule has 114 valence electrons. The molecule has 1 aromatic carbocycles. The van der Waals surface area contributed by atoms with E-state index in [4.69, 9.17) is 10.5 Å². The van der Waals surface area contributed by atoms with Gasteiger partial charge in [0, 0.05) is 0 Å². The molecule has 1 atom stereocenters. The van der Waals surface area contributed by atoms with Crippen molar-refractivity contribution in [2.75, 3.05) is 6.61 Å². The minimum Gasteiger partial charge on any atom is -0.492 e. The van der Waals surface area contributed by atoms with Gasteiger partial charge in [-0.15, -0.1) is 0 Å². The van der Waals surface area contributed by atoms with Gasteiger partial charge < -0.3 is 10.5 Å². The van der Waals surface area contributed by atoms with Crippen LogP contribution < -0.4 is 10.5 Å². The van der Waals surface area contributed by atoms with Crippen LogP contribution in [0, 0.1) is 0 Å². The molecule has 0 aliphatic carbocycles. The minimum absolute atomic E-state index is 0.275. The van der Waals surface area contributed by atoms with Gasteiger partial charge in [-0.05, 0) is 40.0 Å². The Bertz CT molecular complexity index is 464. The van der Waals surface area contributed by atoms with Crippen molar-refractivity contribution >= 4 is 15.9 Å². The average molecular weight is 362 g/mol. The number of ether oxygens (including phenoxy) is 1. The van der Waals surface area contributed by atoms with E-state index >= 15 is 0 Å². The summed E-state index contributed by atoms with van der Waals surface area (Å²) in [6, 6.07) is 1.04. The van der Waals surface area contributed by atoms with Gasteiger partial charge in [-0.3, -0.25) is 0 Å². The summed E-state index contributed by atoms with van der Waals surface area (Å²) in [4.78, 5) is 0. The van der Waals surface area contributed by atoms with Crippen molar-refractivity contribution < 1.29 is 26.7 Å². The number of hydrogen-bond donors (Lipinski definition) is 1. The highest BCUT2D eigenvalue weighted by molar-refractivity contribution is 9.10. The number of rotatable bonds is 5. The normalized spacial score (nSPS) is 14.2. The molecule has 1 aromatic rings. The van der Waals surface area contributed by atoms with E-state index in [1.165, 1.54) is 6.07 Å². The number of halogens is 6. The molecule has 0 heterocycles. The highest BCUT2D eigenvalue weighted by Gasteiger charge is 2.61. The van der Waals surface area contributed by atoms with Crippen molar-refractivity contribution in [3.8, 4) is 5.75 Å². The fourth-order valence-corrected chi connectivity index (χ4v) is 1.94. The second kappa shape index (κ2) is 6.26. The van der Waals surface area contributed by atoms with Gasteiger partial charge in [-0.25, -0.2) is 0 Å². The molecule has 0 aliphatic rings. The molecule has 2 N–H and O–H groups in total. The van der Waals surface area contributed by atoms with Crippen molar-refractivity contribution in [1.82, 2.24) is 0 Å². The predicted molar refractivity (Wildman–Crippen MR) is 67.9 cm³/mol. The van der Waals surface area contributed by atoms with Gasteiger partial charge >= 0.3 is 12.1 Å². The van der Waals surface area contributed by atoms with Crippen LogP contribution >= 0.6 is 15.9 Å². The molecule has 0 saturated carbocycles. The zero-order chi connectivity index (χ0) is 15.6. The maximum atomic E-state index is 13.1. The van der Waals surface area contributed by atoms with Crippen LogP contribution in [0.25, 0.3) is 0 Å². The Labute approximate surface area is 121 Å². The SMILES string of the molecule is CCCOc1ccc(C(N)C(F)(F)C(F)(F)F)cc1Br. The standard InChI is InChI=1S/C12H13BrF5NO/c1-2-5-20-9-4-3-7(6-8(9)13)10(19)11(14,15)12(16,17)18/h3-4,6,10H,2,5,19H2,1H3. The lowest BCUT2D eigenvalue weighted by molar-refractivity contribution is -0.291. The van der Waals surface area contributed by atoms with Crippen LogP contribution in [-0.2, 0) is 0 Å². The molecule has 8 heteroatoms. The second-order valence-corrected chi connectivity index (χ2v) is 4.99. The first-order valence-electron chi connectivity index (χ1n) is 5.73. The van der Waals surface area contributed by atoms with Gasteiger partial charge in [-0.2, -0.15) is 22.0 Å². The van der Waals surface area contributed by atoms with Crippen molar-refractivity contribution in [1.29, 1.82) is 0 Å². The maximum absolute atomic E-state index is 13.1. The number of nitrogens with two attached hydrogens (primary N) is 1. The summed E-state index contributed by atoms with van der Waals surface area (Å²) in [5.74, 6) is -4.64. The Kier molecular flexibility index (Phi) is 5.37. The highest BCUT2D eigenvalue weighted by Crippen LogP contribution is 2.44.